The number of rotatable bonds is 6. The molecule has 1 aromatic carbocycles. The normalized spacial score (nSPS) is 16.0. The van der Waals surface area contributed by atoms with E-state index in [0.29, 0.717) is 19.6 Å². The van der Waals surface area contributed by atoms with Gasteiger partial charge in [0.1, 0.15) is 17.1 Å². The number of amides is 1. The first-order valence-electron chi connectivity index (χ1n) is 9.51. The molecule has 28 heavy (non-hydrogen) atoms. The predicted octanol–water partition coefficient (Wildman–Crippen LogP) is 2.52. The number of benzene rings is 1. The number of pyridine rings is 1. The van der Waals surface area contributed by atoms with E-state index in [4.69, 9.17) is 15.2 Å². The SMILES string of the molecule is NC(Cc1ccc(Oc2ccnc3[nH]ccc23)cc1)C(=O)NC1CCOCC1. The molecule has 7 heteroatoms. The smallest absolute Gasteiger partial charge is 0.237 e. The maximum absolute atomic E-state index is 12.3. The number of nitrogens with zero attached hydrogens (tertiary/aromatic N) is 1. The lowest BCUT2D eigenvalue weighted by atomic mass is 10.0. The standard InChI is InChI=1S/C21H24N4O3/c22-18(21(26)25-15-7-11-27-12-8-15)13-14-1-3-16(4-2-14)28-19-6-10-24-20-17(19)5-9-23-20/h1-6,9-10,15,18H,7-8,11-13,22H2,(H,23,24)(H,25,26). The van der Waals surface area contributed by atoms with Crippen LogP contribution in [0.1, 0.15) is 18.4 Å². The molecule has 3 aromatic rings. The number of hydrogen-bond acceptors (Lipinski definition) is 5. The van der Waals surface area contributed by atoms with Crippen LogP contribution in [0.2, 0.25) is 0 Å². The van der Waals surface area contributed by atoms with Gasteiger partial charge in [-0.1, -0.05) is 12.1 Å². The highest BCUT2D eigenvalue weighted by Crippen LogP contribution is 2.28. The minimum absolute atomic E-state index is 0.112. The van der Waals surface area contributed by atoms with Gasteiger partial charge in [0, 0.05) is 31.6 Å². The van der Waals surface area contributed by atoms with Crippen LogP contribution in [0.4, 0.5) is 0 Å². The van der Waals surface area contributed by atoms with Gasteiger partial charge in [-0.15, -0.1) is 0 Å². The summed E-state index contributed by atoms with van der Waals surface area (Å²) in [5.41, 5.74) is 7.87. The summed E-state index contributed by atoms with van der Waals surface area (Å²) in [6.07, 6.45) is 5.70. The average molecular weight is 380 g/mol. The average Bonchev–Trinajstić information content (AvgIpc) is 3.20. The number of nitrogens with two attached hydrogens (primary N) is 1. The second kappa shape index (κ2) is 8.41. The highest BCUT2D eigenvalue weighted by atomic mass is 16.5. The number of aromatic nitrogens is 2. The lowest BCUT2D eigenvalue weighted by Crippen LogP contribution is -2.48. The molecule has 0 radical (unpaired) electrons. The van der Waals surface area contributed by atoms with Gasteiger partial charge in [0.25, 0.3) is 0 Å². The number of ether oxygens (including phenoxy) is 2. The zero-order valence-electron chi connectivity index (χ0n) is 15.6. The van der Waals surface area contributed by atoms with E-state index in [2.05, 4.69) is 15.3 Å². The van der Waals surface area contributed by atoms with E-state index >= 15 is 0 Å². The Morgan fingerprint density at radius 1 is 1.25 bits per heavy atom. The molecule has 1 fully saturated rings. The van der Waals surface area contributed by atoms with E-state index < -0.39 is 6.04 Å². The van der Waals surface area contributed by atoms with Gasteiger partial charge in [0.2, 0.25) is 5.91 Å². The largest absolute Gasteiger partial charge is 0.457 e. The van der Waals surface area contributed by atoms with Crippen LogP contribution in [-0.2, 0) is 16.0 Å². The summed E-state index contributed by atoms with van der Waals surface area (Å²) < 4.78 is 11.3. The Balaban J connectivity index is 1.35. The zero-order valence-corrected chi connectivity index (χ0v) is 15.6. The molecule has 0 bridgehead atoms. The van der Waals surface area contributed by atoms with Crippen LogP contribution in [0.25, 0.3) is 11.0 Å². The van der Waals surface area contributed by atoms with Crippen LogP contribution in [0.15, 0.2) is 48.8 Å². The minimum Gasteiger partial charge on any atom is -0.457 e. The maximum atomic E-state index is 12.3. The van der Waals surface area contributed by atoms with Gasteiger partial charge in [0.05, 0.1) is 11.4 Å². The molecule has 1 amide bonds. The Morgan fingerprint density at radius 2 is 2.04 bits per heavy atom. The lowest BCUT2D eigenvalue weighted by Gasteiger charge is -2.24. The van der Waals surface area contributed by atoms with Crippen molar-refractivity contribution in [2.24, 2.45) is 5.73 Å². The van der Waals surface area contributed by atoms with Gasteiger partial charge in [-0.05, 0) is 49.1 Å². The van der Waals surface area contributed by atoms with Gasteiger partial charge < -0.3 is 25.5 Å². The van der Waals surface area contributed by atoms with Crippen LogP contribution in [0, 0.1) is 0 Å². The lowest BCUT2D eigenvalue weighted by molar-refractivity contribution is -0.123. The summed E-state index contributed by atoms with van der Waals surface area (Å²) in [7, 11) is 0. The number of carbonyl (C=O) groups is 1. The van der Waals surface area contributed by atoms with Crippen molar-refractivity contribution in [3.05, 3.63) is 54.4 Å². The van der Waals surface area contributed by atoms with E-state index in [9.17, 15) is 4.79 Å². The van der Waals surface area contributed by atoms with Gasteiger partial charge in [-0.3, -0.25) is 4.79 Å². The summed E-state index contributed by atoms with van der Waals surface area (Å²) in [6, 6.07) is 11.0. The molecular weight excluding hydrogens is 356 g/mol. The molecule has 1 aliphatic rings. The number of fused-ring (bicyclic) bond motifs is 1. The monoisotopic (exact) mass is 380 g/mol. The van der Waals surface area contributed by atoms with Crippen molar-refractivity contribution in [1.29, 1.82) is 0 Å². The van der Waals surface area contributed by atoms with Gasteiger partial charge >= 0.3 is 0 Å². The third-order valence-corrected chi connectivity index (χ3v) is 4.93. The highest BCUT2D eigenvalue weighted by molar-refractivity contribution is 5.83. The van der Waals surface area contributed by atoms with Gasteiger partial charge in [0.15, 0.2) is 0 Å². The summed E-state index contributed by atoms with van der Waals surface area (Å²) in [6.45, 7) is 1.38. The Morgan fingerprint density at radius 3 is 2.82 bits per heavy atom. The van der Waals surface area contributed by atoms with Crippen LogP contribution in [0.3, 0.4) is 0 Å². The molecule has 1 atom stereocenters. The summed E-state index contributed by atoms with van der Waals surface area (Å²) in [4.78, 5) is 19.6. The summed E-state index contributed by atoms with van der Waals surface area (Å²) in [5, 5.41) is 3.95. The first-order chi connectivity index (χ1) is 13.7. The molecule has 1 aliphatic heterocycles. The number of H-pyrrole nitrogens is 1. The van der Waals surface area contributed by atoms with Crippen molar-refractivity contribution in [2.75, 3.05) is 13.2 Å². The van der Waals surface area contributed by atoms with Crippen molar-refractivity contribution in [2.45, 2.75) is 31.3 Å². The van der Waals surface area contributed by atoms with E-state index in [-0.39, 0.29) is 11.9 Å². The summed E-state index contributed by atoms with van der Waals surface area (Å²) >= 11 is 0. The molecule has 146 valence electrons. The topological polar surface area (TPSA) is 102 Å². The van der Waals surface area contributed by atoms with E-state index in [1.165, 1.54) is 0 Å². The van der Waals surface area contributed by atoms with Crippen molar-refractivity contribution in [3.8, 4) is 11.5 Å². The minimum atomic E-state index is -0.575. The molecular formula is C21H24N4O3. The molecule has 0 spiro atoms. The predicted molar refractivity (Wildman–Crippen MR) is 106 cm³/mol. The fourth-order valence-electron chi connectivity index (χ4n) is 3.34. The molecule has 1 unspecified atom stereocenters. The molecule has 1 saturated heterocycles. The number of carbonyl (C=O) groups excluding carboxylic acids is 1. The van der Waals surface area contributed by atoms with Crippen LogP contribution < -0.4 is 15.8 Å². The van der Waals surface area contributed by atoms with E-state index in [1.807, 2.05) is 42.6 Å². The third-order valence-electron chi connectivity index (χ3n) is 4.93. The Kier molecular flexibility index (Phi) is 5.55. The molecule has 3 heterocycles. The molecule has 0 aliphatic carbocycles. The number of aromatic amines is 1. The van der Waals surface area contributed by atoms with E-state index in [1.54, 1.807) is 6.20 Å². The zero-order chi connectivity index (χ0) is 19.3. The fraction of sp³-hybridized carbons (Fsp3) is 0.333. The van der Waals surface area contributed by atoms with Crippen molar-refractivity contribution < 1.29 is 14.3 Å². The molecule has 4 N–H and O–H groups in total. The van der Waals surface area contributed by atoms with Gasteiger partial charge in [-0.2, -0.15) is 0 Å². The van der Waals surface area contributed by atoms with Crippen LogP contribution >= 0.6 is 0 Å². The second-order valence-corrected chi connectivity index (χ2v) is 7.00. The van der Waals surface area contributed by atoms with E-state index in [0.717, 1.165) is 40.9 Å². The molecule has 7 nitrogen and oxygen atoms in total. The Hall–Kier alpha value is -2.90. The summed E-state index contributed by atoms with van der Waals surface area (Å²) in [5.74, 6) is 1.35. The first-order valence-corrected chi connectivity index (χ1v) is 9.51. The van der Waals surface area contributed by atoms with Gasteiger partial charge in [-0.25, -0.2) is 4.98 Å². The quantitative estimate of drug-likeness (QED) is 0.610. The highest BCUT2D eigenvalue weighted by Gasteiger charge is 2.20. The number of nitrogens with one attached hydrogen (secondary N) is 2. The molecule has 0 saturated carbocycles. The second-order valence-electron chi connectivity index (χ2n) is 7.00. The van der Waals surface area contributed by atoms with Crippen molar-refractivity contribution in [1.82, 2.24) is 15.3 Å². The fourth-order valence-corrected chi connectivity index (χ4v) is 3.34. The van der Waals surface area contributed by atoms with Crippen LogP contribution in [-0.4, -0.2) is 41.2 Å². The molecule has 2 aromatic heterocycles. The van der Waals surface area contributed by atoms with Crippen LogP contribution in [0.5, 0.6) is 11.5 Å². The third kappa shape index (κ3) is 4.32. The first kappa shape index (κ1) is 18.5. The Labute approximate surface area is 163 Å². The van der Waals surface area contributed by atoms with Crippen molar-refractivity contribution in [3.63, 3.8) is 0 Å². The van der Waals surface area contributed by atoms with Crippen molar-refractivity contribution >= 4 is 16.9 Å². The molecule has 4 rings (SSSR count). The maximum Gasteiger partial charge on any atom is 0.237 e. The number of hydrogen-bond donors (Lipinski definition) is 3. The Bertz CT molecular complexity index is 932.